The lowest BCUT2D eigenvalue weighted by molar-refractivity contribution is -0.146. The van der Waals surface area contributed by atoms with Crippen LogP contribution in [0.15, 0.2) is 36.4 Å². The van der Waals surface area contributed by atoms with E-state index in [1.807, 2.05) is 25.1 Å². The third-order valence-electron chi connectivity index (χ3n) is 5.27. The monoisotopic (exact) mass is 443 g/mol. The first-order valence-electron chi connectivity index (χ1n) is 10.0. The second-order valence-corrected chi connectivity index (χ2v) is 8.39. The highest BCUT2D eigenvalue weighted by Gasteiger charge is 2.35. The zero-order valence-electron chi connectivity index (χ0n) is 17.6. The highest BCUT2D eigenvalue weighted by molar-refractivity contribution is 7.17. The Morgan fingerprint density at radius 1 is 1.13 bits per heavy atom. The smallest absolute Gasteiger partial charge is 0.341 e. The van der Waals surface area contributed by atoms with Crippen LogP contribution in [0, 0.1) is 18.8 Å². The lowest BCUT2D eigenvalue weighted by Crippen LogP contribution is -2.34. The van der Waals surface area contributed by atoms with E-state index in [1.165, 1.54) is 11.3 Å². The van der Waals surface area contributed by atoms with E-state index in [1.54, 1.807) is 32.2 Å². The van der Waals surface area contributed by atoms with Crippen LogP contribution in [0.2, 0.25) is 0 Å². The van der Waals surface area contributed by atoms with E-state index in [4.69, 9.17) is 9.47 Å². The number of thiophene rings is 1. The molecule has 0 unspecified atom stereocenters. The predicted molar refractivity (Wildman–Crippen MR) is 119 cm³/mol. The number of carbonyl (C=O) groups is 3. The fourth-order valence-corrected chi connectivity index (χ4v) is 4.78. The van der Waals surface area contributed by atoms with Crippen molar-refractivity contribution in [2.45, 2.75) is 26.7 Å². The van der Waals surface area contributed by atoms with Crippen molar-refractivity contribution in [1.82, 2.24) is 0 Å². The molecule has 7 nitrogen and oxygen atoms in total. The molecule has 1 aromatic carbocycles. The van der Waals surface area contributed by atoms with Crippen molar-refractivity contribution >= 4 is 34.2 Å². The van der Waals surface area contributed by atoms with Crippen LogP contribution in [-0.2, 0) is 14.3 Å². The van der Waals surface area contributed by atoms with Crippen LogP contribution >= 0.6 is 11.3 Å². The third kappa shape index (κ3) is 4.80. The van der Waals surface area contributed by atoms with Gasteiger partial charge in [0, 0.05) is 10.4 Å². The van der Waals surface area contributed by atoms with Gasteiger partial charge >= 0.3 is 11.9 Å². The van der Waals surface area contributed by atoms with E-state index in [9.17, 15) is 19.5 Å². The Kier molecular flexibility index (Phi) is 7.12. The van der Waals surface area contributed by atoms with Gasteiger partial charge in [0.1, 0.15) is 16.3 Å². The number of amides is 1. The summed E-state index contributed by atoms with van der Waals surface area (Å²) in [6, 6.07) is 7.28. The van der Waals surface area contributed by atoms with Crippen molar-refractivity contribution in [3.63, 3.8) is 0 Å². The number of benzene rings is 1. The molecule has 1 aliphatic rings. The van der Waals surface area contributed by atoms with Gasteiger partial charge < -0.3 is 19.9 Å². The fourth-order valence-electron chi connectivity index (χ4n) is 3.72. The van der Waals surface area contributed by atoms with Gasteiger partial charge in [-0.05, 0) is 44.4 Å². The van der Waals surface area contributed by atoms with Crippen molar-refractivity contribution in [2.24, 2.45) is 11.8 Å². The number of rotatable bonds is 7. The van der Waals surface area contributed by atoms with Crippen LogP contribution in [0.1, 0.15) is 35.0 Å². The molecule has 1 aliphatic carbocycles. The minimum absolute atomic E-state index is 0.192. The minimum atomic E-state index is -1.00. The van der Waals surface area contributed by atoms with E-state index < -0.39 is 29.7 Å². The van der Waals surface area contributed by atoms with E-state index >= 15 is 0 Å². The molecule has 1 heterocycles. The maximum atomic E-state index is 13.0. The van der Waals surface area contributed by atoms with Crippen molar-refractivity contribution in [1.29, 1.82) is 0 Å². The number of methoxy groups -OCH3 is 1. The van der Waals surface area contributed by atoms with Gasteiger partial charge in [0.2, 0.25) is 5.91 Å². The normalized spacial score (nSPS) is 17.8. The Morgan fingerprint density at radius 2 is 1.77 bits per heavy atom. The number of carbonyl (C=O) groups excluding carboxylic acids is 2. The number of esters is 1. The Morgan fingerprint density at radius 3 is 2.35 bits per heavy atom. The molecule has 2 aromatic rings. The van der Waals surface area contributed by atoms with Crippen LogP contribution in [-0.4, -0.2) is 36.7 Å². The first-order chi connectivity index (χ1) is 14.9. The van der Waals surface area contributed by atoms with Gasteiger partial charge in [-0.3, -0.25) is 9.59 Å². The number of carboxylic acid groups (broad SMARTS) is 1. The van der Waals surface area contributed by atoms with Gasteiger partial charge in [-0.25, -0.2) is 4.79 Å². The molecule has 0 spiro atoms. The Labute approximate surface area is 184 Å². The molecule has 0 saturated carbocycles. The maximum absolute atomic E-state index is 13.0. The molecule has 3 rings (SSSR count). The molecule has 31 heavy (non-hydrogen) atoms. The molecular formula is C23H25NO6S. The standard InChI is InChI=1S/C23H25NO6S/c1-4-30-23(28)19-18(14-9-11-15(29-3)12-10-14)13(2)31-21(19)24-20(25)16-7-5-6-8-17(16)22(26)27/h5-6,9-12,16-17H,4,7-8H2,1-3H3,(H,24,25)(H,26,27)/t16-,17-/m0/s1. The molecule has 8 heteroatoms. The number of nitrogens with one attached hydrogen (secondary N) is 1. The van der Waals surface area contributed by atoms with Crippen molar-refractivity contribution in [3.8, 4) is 16.9 Å². The lowest BCUT2D eigenvalue weighted by Gasteiger charge is -2.24. The number of aliphatic carboxylic acids is 1. The highest BCUT2D eigenvalue weighted by atomic mass is 32.1. The van der Waals surface area contributed by atoms with E-state index in [0.717, 1.165) is 10.4 Å². The number of hydrogen-bond acceptors (Lipinski definition) is 6. The number of allylic oxidation sites excluding steroid dienone is 2. The average molecular weight is 444 g/mol. The number of anilines is 1. The van der Waals surface area contributed by atoms with E-state index in [2.05, 4.69) is 5.32 Å². The van der Waals surface area contributed by atoms with Crippen LogP contribution in [0.3, 0.4) is 0 Å². The lowest BCUT2D eigenvalue weighted by atomic mass is 9.82. The molecular weight excluding hydrogens is 418 g/mol. The summed E-state index contributed by atoms with van der Waals surface area (Å²) in [5.41, 5.74) is 1.75. The first kappa shape index (κ1) is 22.6. The van der Waals surface area contributed by atoms with Crippen LogP contribution in [0.25, 0.3) is 11.1 Å². The Balaban J connectivity index is 1.99. The van der Waals surface area contributed by atoms with Crippen molar-refractivity contribution in [3.05, 3.63) is 46.9 Å². The SMILES string of the molecule is CCOC(=O)c1c(NC(=O)[C@H]2CC=CC[C@@H]2C(=O)O)sc(C)c1-c1ccc(OC)cc1. The molecule has 0 bridgehead atoms. The summed E-state index contributed by atoms with van der Waals surface area (Å²) >= 11 is 1.27. The van der Waals surface area contributed by atoms with Gasteiger partial charge in [0.05, 0.1) is 25.6 Å². The molecule has 2 atom stereocenters. The van der Waals surface area contributed by atoms with Gasteiger partial charge in [-0.2, -0.15) is 0 Å². The first-order valence-corrected chi connectivity index (χ1v) is 10.8. The summed E-state index contributed by atoms with van der Waals surface area (Å²) in [4.78, 5) is 38.2. The zero-order valence-corrected chi connectivity index (χ0v) is 18.5. The summed E-state index contributed by atoms with van der Waals surface area (Å²) in [5, 5.41) is 12.7. The fraction of sp³-hybridized carbons (Fsp3) is 0.348. The average Bonchev–Trinajstić information content (AvgIpc) is 3.09. The second kappa shape index (κ2) is 9.78. The molecule has 0 saturated heterocycles. The molecule has 0 fully saturated rings. The summed E-state index contributed by atoms with van der Waals surface area (Å²) < 4.78 is 10.5. The highest BCUT2D eigenvalue weighted by Crippen LogP contribution is 2.41. The zero-order chi connectivity index (χ0) is 22.5. The molecule has 1 aromatic heterocycles. The second-order valence-electron chi connectivity index (χ2n) is 7.17. The van der Waals surface area contributed by atoms with Crippen molar-refractivity contribution in [2.75, 3.05) is 19.0 Å². The van der Waals surface area contributed by atoms with Crippen LogP contribution in [0.5, 0.6) is 5.75 Å². The van der Waals surface area contributed by atoms with Crippen molar-refractivity contribution < 1.29 is 29.0 Å². The van der Waals surface area contributed by atoms with Gasteiger partial charge in [0.25, 0.3) is 0 Å². The Bertz CT molecular complexity index is 1010. The van der Waals surface area contributed by atoms with Gasteiger partial charge in [-0.1, -0.05) is 24.3 Å². The Hall–Kier alpha value is -3.13. The molecule has 0 radical (unpaired) electrons. The molecule has 0 aliphatic heterocycles. The number of hydrogen-bond donors (Lipinski definition) is 2. The molecule has 1 amide bonds. The summed E-state index contributed by atoms with van der Waals surface area (Å²) in [7, 11) is 1.58. The summed E-state index contributed by atoms with van der Waals surface area (Å²) in [5.74, 6) is -2.76. The van der Waals surface area contributed by atoms with E-state index in [-0.39, 0.29) is 12.2 Å². The maximum Gasteiger partial charge on any atom is 0.341 e. The largest absolute Gasteiger partial charge is 0.497 e. The van der Waals surface area contributed by atoms with Gasteiger partial charge in [-0.15, -0.1) is 11.3 Å². The summed E-state index contributed by atoms with van der Waals surface area (Å²) in [6.45, 7) is 3.78. The topological polar surface area (TPSA) is 102 Å². The number of ether oxygens (including phenoxy) is 2. The molecule has 164 valence electrons. The number of aryl methyl sites for hydroxylation is 1. The quantitative estimate of drug-likeness (QED) is 0.482. The number of carboxylic acids is 1. The summed E-state index contributed by atoms with van der Waals surface area (Å²) in [6.07, 6.45) is 4.24. The van der Waals surface area contributed by atoms with Crippen LogP contribution < -0.4 is 10.1 Å². The molecule has 2 N–H and O–H groups in total. The predicted octanol–water partition coefficient (Wildman–Crippen LogP) is 4.51. The van der Waals surface area contributed by atoms with Crippen LogP contribution in [0.4, 0.5) is 5.00 Å². The minimum Gasteiger partial charge on any atom is -0.497 e. The van der Waals surface area contributed by atoms with E-state index in [0.29, 0.717) is 29.2 Å². The van der Waals surface area contributed by atoms with Gasteiger partial charge in [0.15, 0.2) is 0 Å². The third-order valence-corrected chi connectivity index (χ3v) is 6.29.